The molecule has 6 rings (SSSR count). The number of benzene rings is 2. The van der Waals surface area contributed by atoms with Gasteiger partial charge in [-0.25, -0.2) is 0 Å². The van der Waals surface area contributed by atoms with E-state index < -0.39 is 31.5 Å². The molecule has 1 spiro atoms. The molecule has 0 radical (unpaired) electrons. The number of hydrogen-bond donors (Lipinski definition) is 3. The number of nitrogens with one attached hydrogen (secondary N) is 1. The molecular weight excluding hydrogens is 530 g/mol. The number of carbonyl (C=O) groups is 3. The van der Waals surface area contributed by atoms with Crippen molar-refractivity contribution in [3.63, 3.8) is 0 Å². The molecule has 4 heterocycles. The third-order valence-electron chi connectivity index (χ3n) is 8.97. The molecule has 2 aromatic rings. The lowest BCUT2D eigenvalue weighted by atomic mass is 9.82. The highest BCUT2D eigenvalue weighted by Crippen LogP contribution is 2.59. The predicted molar refractivity (Wildman–Crippen MR) is 150 cm³/mol. The van der Waals surface area contributed by atoms with Gasteiger partial charge in [-0.15, -0.1) is 0 Å². The maximum Gasteiger partial charge on any atom is 0.269 e. The van der Waals surface area contributed by atoms with Crippen molar-refractivity contribution in [3.05, 3.63) is 48.0 Å². The first-order valence-corrected chi connectivity index (χ1v) is 16.9. The number of rotatable bonds is 5. The van der Waals surface area contributed by atoms with Crippen LogP contribution in [0.15, 0.2) is 42.5 Å². The summed E-state index contributed by atoms with van der Waals surface area (Å²) in [6.07, 6.45) is 0.913. The van der Waals surface area contributed by atoms with Crippen LogP contribution in [0.5, 0.6) is 5.75 Å². The zero-order chi connectivity index (χ0) is 28.4. The largest absolute Gasteiger partial charge is 0.482 e. The summed E-state index contributed by atoms with van der Waals surface area (Å²) in [4.78, 5) is 54.9. The topological polar surface area (TPSA) is 129 Å². The van der Waals surface area contributed by atoms with Gasteiger partial charge in [-0.2, -0.15) is 0 Å². The molecule has 5 atom stereocenters. The van der Waals surface area contributed by atoms with Gasteiger partial charge in [-0.1, -0.05) is 19.1 Å². The molecule has 0 aliphatic carbocycles. The van der Waals surface area contributed by atoms with Crippen LogP contribution in [0.2, 0.25) is 18.6 Å². The summed E-state index contributed by atoms with van der Waals surface area (Å²) in [6.45, 7) is 5.91. The van der Waals surface area contributed by atoms with Gasteiger partial charge in [0, 0.05) is 34.9 Å². The normalized spacial score (nSPS) is 29.4. The van der Waals surface area contributed by atoms with Crippen molar-refractivity contribution >= 4 is 43.1 Å². The number of fused-ring (bicyclic) bond motifs is 3. The highest BCUT2D eigenvalue weighted by molar-refractivity contribution is 6.71. The summed E-state index contributed by atoms with van der Waals surface area (Å²) >= 11 is 0. The van der Waals surface area contributed by atoms with E-state index in [4.69, 9.17) is 9.47 Å². The zero-order valence-electron chi connectivity index (χ0n) is 22.9. The molecule has 0 aromatic heterocycles. The summed E-state index contributed by atoms with van der Waals surface area (Å²) < 4.78 is 12.3. The van der Waals surface area contributed by atoms with Crippen LogP contribution in [-0.2, 0) is 24.7 Å². The number of aliphatic hydroxyl groups excluding tert-OH is 1. The highest BCUT2D eigenvalue weighted by atomic mass is 28.4. The molecule has 0 bridgehead atoms. The fourth-order valence-electron chi connectivity index (χ4n) is 7.25. The van der Waals surface area contributed by atoms with Crippen LogP contribution in [0, 0.1) is 5.92 Å². The number of nitrogens with zero attached hydrogens (tertiary/aromatic N) is 2. The number of carbonyl (C=O) groups excluding carboxylic acids is 3. The number of ether oxygens (including phenoxy) is 2. The van der Waals surface area contributed by atoms with Crippen LogP contribution in [-0.4, -0.2) is 72.7 Å². The average Bonchev–Trinajstić information content (AvgIpc) is 3.59. The van der Waals surface area contributed by atoms with Gasteiger partial charge in [-0.3, -0.25) is 19.3 Å². The standard InChI is InChI=1S/C29H35N3O7Si/c1-17-27(40(2,3)37)24(14-25(34)31-12-6-7-19(31)15-33)39-29(17)20-13-18(10-11-21(20)30-28(29)36)32-22-8-4-5-9-23(22)38-16-26(32)35/h4-5,8-11,13,17,19,24,27,33,37H,6-7,12,14-16H2,1-3H3,(H,30,36)/t17-,19+,24+,27-,29+/m1/s1. The molecule has 4 aliphatic rings. The van der Waals surface area contributed by atoms with E-state index in [0.29, 0.717) is 34.9 Å². The number of anilines is 3. The van der Waals surface area contributed by atoms with Gasteiger partial charge in [0.05, 0.1) is 30.9 Å². The van der Waals surface area contributed by atoms with E-state index in [0.717, 1.165) is 12.8 Å². The molecule has 3 amide bonds. The molecule has 10 nitrogen and oxygen atoms in total. The van der Waals surface area contributed by atoms with E-state index in [1.54, 1.807) is 34.1 Å². The molecule has 2 saturated heterocycles. The minimum absolute atomic E-state index is 0.0157. The fraction of sp³-hybridized carbons (Fsp3) is 0.483. The van der Waals surface area contributed by atoms with Gasteiger partial charge >= 0.3 is 0 Å². The number of likely N-dealkylation sites (tertiary alicyclic amines) is 1. The summed E-state index contributed by atoms with van der Waals surface area (Å²) in [5.74, 6) is -0.565. The summed E-state index contributed by atoms with van der Waals surface area (Å²) in [7, 11) is -2.94. The van der Waals surface area contributed by atoms with E-state index >= 15 is 0 Å². The molecule has 40 heavy (non-hydrogen) atoms. The molecule has 3 N–H and O–H groups in total. The quantitative estimate of drug-likeness (QED) is 0.476. The Balaban J connectivity index is 1.39. The minimum atomic E-state index is -2.94. The minimum Gasteiger partial charge on any atom is -0.482 e. The van der Waals surface area contributed by atoms with Crippen LogP contribution < -0.4 is 15.0 Å². The highest BCUT2D eigenvalue weighted by Gasteiger charge is 2.65. The second-order valence-electron chi connectivity index (χ2n) is 11.8. The van der Waals surface area contributed by atoms with Gasteiger partial charge in [-0.05, 0) is 56.3 Å². The summed E-state index contributed by atoms with van der Waals surface area (Å²) in [6, 6.07) is 12.4. The Morgan fingerprint density at radius 1 is 1.20 bits per heavy atom. The third kappa shape index (κ3) is 4.06. The smallest absolute Gasteiger partial charge is 0.269 e. The molecule has 2 aromatic carbocycles. The van der Waals surface area contributed by atoms with E-state index in [9.17, 15) is 24.3 Å². The lowest BCUT2D eigenvalue weighted by Gasteiger charge is -2.33. The Morgan fingerprint density at radius 3 is 2.73 bits per heavy atom. The van der Waals surface area contributed by atoms with Gasteiger partial charge in [0.25, 0.3) is 11.8 Å². The summed E-state index contributed by atoms with van der Waals surface area (Å²) in [5, 5.41) is 12.7. The van der Waals surface area contributed by atoms with Crippen molar-refractivity contribution in [1.29, 1.82) is 0 Å². The Labute approximate surface area is 234 Å². The molecule has 11 heteroatoms. The SMILES string of the molecule is C[C@@H]1[C@@H]([Si](C)(C)O)[C@H](CC(=O)N2CCC[C@H]2CO)O[C@@]12C(=O)Nc1ccc(N3C(=O)COc4ccccc43)cc12. The van der Waals surface area contributed by atoms with Crippen LogP contribution in [0.3, 0.4) is 0 Å². The predicted octanol–water partition coefficient (Wildman–Crippen LogP) is 2.87. The Kier molecular flexibility index (Phi) is 6.53. The van der Waals surface area contributed by atoms with E-state index in [-0.39, 0.29) is 43.4 Å². The number of aliphatic hydroxyl groups is 1. The molecule has 212 valence electrons. The second-order valence-corrected chi connectivity index (χ2v) is 15.8. The van der Waals surface area contributed by atoms with Gasteiger partial charge in [0.15, 0.2) is 20.5 Å². The van der Waals surface area contributed by atoms with Gasteiger partial charge < -0.3 is 29.6 Å². The first-order chi connectivity index (χ1) is 19.1. The lowest BCUT2D eigenvalue weighted by molar-refractivity contribution is -0.148. The van der Waals surface area contributed by atoms with Crippen molar-refractivity contribution in [2.45, 2.75) is 62.6 Å². The van der Waals surface area contributed by atoms with Crippen LogP contribution >= 0.6 is 0 Å². The van der Waals surface area contributed by atoms with Crippen LogP contribution in [0.1, 0.15) is 31.7 Å². The van der Waals surface area contributed by atoms with Gasteiger partial charge in [0.2, 0.25) is 5.91 Å². The number of amides is 3. The molecule has 0 saturated carbocycles. The monoisotopic (exact) mass is 565 g/mol. The lowest BCUT2D eigenvalue weighted by Crippen LogP contribution is -2.44. The van der Waals surface area contributed by atoms with Crippen LogP contribution in [0.4, 0.5) is 17.1 Å². The Morgan fingerprint density at radius 2 is 1.98 bits per heavy atom. The summed E-state index contributed by atoms with van der Waals surface area (Å²) in [5.41, 5.74) is 0.525. The molecule has 2 fully saturated rings. The first kappa shape index (κ1) is 26.9. The Bertz CT molecular complexity index is 1380. The van der Waals surface area contributed by atoms with E-state index in [1.807, 2.05) is 38.2 Å². The van der Waals surface area contributed by atoms with Crippen molar-refractivity contribution in [2.75, 3.05) is 30.0 Å². The van der Waals surface area contributed by atoms with E-state index in [1.165, 1.54) is 0 Å². The third-order valence-corrected chi connectivity index (χ3v) is 11.5. The number of hydrogen-bond acceptors (Lipinski definition) is 7. The van der Waals surface area contributed by atoms with Crippen molar-refractivity contribution in [2.24, 2.45) is 5.92 Å². The van der Waals surface area contributed by atoms with Gasteiger partial charge in [0.1, 0.15) is 5.75 Å². The zero-order valence-corrected chi connectivity index (χ0v) is 23.9. The van der Waals surface area contributed by atoms with Crippen molar-refractivity contribution < 1.29 is 33.8 Å². The first-order valence-electron chi connectivity index (χ1n) is 13.9. The maximum atomic E-state index is 13.7. The number of para-hydroxylation sites is 2. The van der Waals surface area contributed by atoms with E-state index in [2.05, 4.69) is 5.32 Å². The maximum absolute atomic E-state index is 13.7. The average molecular weight is 566 g/mol. The van der Waals surface area contributed by atoms with Crippen molar-refractivity contribution in [1.82, 2.24) is 4.90 Å². The molecule has 0 unspecified atom stereocenters. The molecule has 4 aliphatic heterocycles. The second kappa shape index (κ2) is 9.69. The Hall–Kier alpha value is -3.25. The molecular formula is C29H35N3O7Si. The van der Waals surface area contributed by atoms with Crippen molar-refractivity contribution in [3.8, 4) is 5.75 Å². The van der Waals surface area contributed by atoms with Crippen LogP contribution in [0.25, 0.3) is 0 Å². The fourth-order valence-corrected chi connectivity index (χ4v) is 9.81.